The van der Waals surface area contributed by atoms with Crippen LogP contribution in [0.5, 0.6) is 0 Å². The summed E-state index contributed by atoms with van der Waals surface area (Å²) in [5.74, 6) is 0.449. The maximum atomic E-state index is 6.68. The average Bonchev–Trinajstić information content (AvgIpc) is 1.87. The molecule has 2 N–H and O–H groups in total. The number of rotatable bonds is 1. The molecule has 1 rings (SSSR count). The molecule has 0 spiro atoms. The van der Waals surface area contributed by atoms with Gasteiger partial charge in [0, 0.05) is 13.1 Å². The van der Waals surface area contributed by atoms with Crippen LogP contribution in [0.2, 0.25) is 0 Å². The lowest BCUT2D eigenvalue weighted by Crippen LogP contribution is -2.38. The van der Waals surface area contributed by atoms with E-state index >= 15 is 0 Å². The number of hydrogen-bond acceptors (Lipinski definition) is 2. The summed E-state index contributed by atoms with van der Waals surface area (Å²) in [4.78, 5) is 3.78. The molecule has 56 valence electrons. The highest BCUT2D eigenvalue weighted by molar-refractivity contribution is 5.80. The van der Waals surface area contributed by atoms with Crippen molar-refractivity contribution in [3.8, 4) is 0 Å². The van der Waals surface area contributed by atoms with Crippen molar-refractivity contribution in [1.29, 1.82) is 5.53 Å². The van der Waals surface area contributed by atoms with Crippen LogP contribution in [0.1, 0.15) is 19.3 Å². The number of nitrogens with one attached hydrogen (secondary N) is 2. The van der Waals surface area contributed by atoms with Gasteiger partial charge in [0.25, 0.3) is 0 Å². The van der Waals surface area contributed by atoms with Crippen LogP contribution in [0.4, 0.5) is 0 Å². The second kappa shape index (κ2) is 3.29. The Morgan fingerprint density at radius 2 is 2.30 bits per heavy atom. The standard InChI is InChI=1S/C6H12N4/c1-8-6(10-7)9-5-3-2-4-5/h5,7H,2-4H2,1H3,(H,8,9). The molecule has 1 aliphatic carbocycles. The van der Waals surface area contributed by atoms with E-state index in [1.54, 1.807) is 7.05 Å². The van der Waals surface area contributed by atoms with Crippen LogP contribution in [-0.4, -0.2) is 19.0 Å². The third kappa shape index (κ3) is 1.52. The monoisotopic (exact) mass is 140 g/mol. The van der Waals surface area contributed by atoms with Crippen LogP contribution >= 0.6 is 0 Å². The van der Waals surface area contributed by atoms with Crippen molar-refractivity contribution in [3.05, 3.63) is 0 Å². The Kier molecular flexibility index (Phi) is 2.36. The molecule has 4 heteroatoms. The first-order valence-electron chi connectivity index (χ1n) is 3.47. The van der Waals surface area contributed by atoms with Gasteiger partial charge in [0.15, 0.2) is 0 Å². The number of guanidine groups is 1. The van der Waals surface area contributed by atoms with Gasteiger partial charge in [0.2, 0.25) is 5.96 Å². The van der Waals surface area contributed by atoms with E-state index < -0.39 is 0 Å². The van der Waals surface area contributed by atoms with E-state index in [4.69, 9.17) is 5.53 Å². The molecule has 0 aromatic carbocycles. The van der Waals surface area contributed by atoms with Crippen molar-refractivity contribution in [2.45, 2.75) is 25.3 Å². The van der Waals surface area contributed by atoms with Crippen molar-refractivity contribution < 1.29 is 0 Å². The second-order valence-electron chi connectivity index (χ2n) is 2.43. The fraction of sp³-hybridized carbons (Fsp3) is 0.833. The van der Waals surface area contributed by atoms with Crippen molar-refractivity contribution in [2.24, 2.45) is 10.1 Å². The molecule has 0 aromatic rings. The van der Waals surface area contributed by atoms with E-state index in [1.807, 2.05) is 0 Å². The summed E-state index contributed by atoms with van der Waals surface area (Å²) < 4.78 is 0. The van der Waals surface area contributed by atoms with Gasteiger partial charge >= 0.3 is 0 Å². The smallest absolute Gasteiger partial charge is 0.237 e. The Hall–Kier alpha value is -0.930. The normalized spacial score (nSPS) is 19.9. The lowest BCUT2D eigenvalue weighted by Gasteiger charge is -2.26. The molecule has 4 nitrogen and oxygen atoms in total. The minimum absolute atomic E-state index is 0.449. The molecule has 0 aromatic heterocycles. The minimum Gasteiger partial charge on any atom is -0.351 e. The maximum absolute atomic E-state index is 6.68. The van der Waals surface area contributed by atoms with E-state index in [0.717, 1.165) is 0 Å². The van der Waals surface area contributed by atoms with Crippen LogP contribution in [0.3, 0.4) is 0 Å². The topological polar surface area (TPSA) is 60.6 Å². The zero-order valence-electron chi connectivity index (χ0n) is 6.09. The highest BCUT2D eigenvalue weighted by atomic mass is 15.2. The lowest BCUT2D eigenvalue weighted by molar-refractivity contribution is 0.382. The lowest BCUT2D eigenvalue weighted by atomic mass is 9.93. The quantitative estimate of drug-likeness (QED) is 0.320. The van der Waals surface area contributed by atoms with Gasteiger partial charge in [-0.2, -0.15) is 0 Å². The van der Waals surface area contributed by atoms with E-state index in [0.29, 0.717) is 12.0 Å². The minimum atomic E-state index is 0.449. The van der Waals surface area contributed by atoms with E-state index in [2.05, 4.69) is 15.4 Å². The Morgan fingerprint density at radius 3 is 2.60 bits per heavy atom. The molecule has 0 radical (unpaired) electrons. The van der Waals surface area contributed by atoms with Gasteiger partial charge in [-0.3, -0.25) is 4.99 Å². The summed E-state index contributed by atoms with van der Waals surface area (Å²) in [6, 6.07) is 0.521. The zero-order valence-corrected chi connectivity index (χ0v) is 6.09. The molecule has 1 aliphatic rings. The predicted molar refractivity (Wildman–Crippen MR) is 39.3 cm³/mol. The Bertz CT molecular complexity index is 148. The highest BCUT2D eigenvalue weighted by Crippen LogP contribution is 2.17. The molecule has 0 amide bonds. The van der Waals surface area contributed by atoms with Gasteiger partial charge in [-0.05, 0) is 19.3 Å². The molecular formula is C6H12N4. The summed E-state index contributed by atoms with van der Waals surface area (Å²) in [6.07, 6.45) is 3.66. The molecule has 10 heavy (non-hydrogen) atoms. The average molecular weight is 140 g/mol. The number of aliphatic imine (C=N–C) groups is 1. The molecule has 1 fully saturated rings. The number of nitrogens with zero attached hydrogens (tertiary/aromatic N) is 2. The summed E-state index contributed by atoms with van der Waals surface area (Å²) in [6.45, 7) is 0. The van der Waals surface area contributed by atoms with Gasteiger partial charge in [-0.1, -0.05) is 0 Å². The summed E-state index contributed by atoms with van der Waals surface area (Å²) in [5, 5.41) is 6.27. The molecule has 0 saturated heterocycles. The SMILES string of the molecule is CN=C(N=N)NC1CCC1. The van der Waals surface area contributed by atoms with Crippen molar-refractivity contribution in [1.82, 2.24) is 5.32 Å². The van der Waals surface area contributed by atoms with Gasteiger partial charge < -0.3 is 5.32 Å². The van der Waals surface area contributed by atoms with Gasteiger partial charge in [0.05, 0.1) is 0 Å². The molecule has 1 saturated carbocycles. The molecule has 0 bridgehead atoms. The van der Waals surface area contributed by atoms with E-state index in [1.165, 1.54) is 19.3 Å². The van der Waals surface area contributed by atoms with Gasteiger partial charge in [-0.15, -0.1) is 5.11 Å². The number of hydrogen-bond donors (Lipinski definition) is 2. The molecular weight excluding hydrogens is 128 g/mol. The van der Waals surface area contributed by atoms with Crippen LogP contribution < -0.4 is 5.32 Å². The molecule has 0 atom stereocenters. The first kappa shape index (κ1) is 7.18. The van der Waals surface area contributed by atoms with Crippen LogP contribution in [-0.2, 0) is 0 Å². The summed E-state index contributed by atoms with van der Waals surface area (Å²) >= 11 is 0. The van der Waals surface area contributed by atoms with Crippen molar-refractivity contribution in [2.75, 3.05) is 7.05 Å². The first-order valence-corrected chi connectivity index (χ1v) is 3.47. The summed E-state index contributed by atoms with van der Waals surface area (Å²) in [7, 11) is 1.64. The Morgan fingerprint density at radius 1 is 1.60 bits per heavy atom. The van der Waals surface area contributed by atoms with E-state index in [-0.39, 0.29) is 0 Å². The maximum Gasteiger partial charge on any atom is 0.237 e. The second-order valence-corrected chi connectivity index (χ2v) is 2.43. The Labute approximate surface area is 60.2 Å². The third-order valence-corrected chi connectivity index (χ3v) is 1.76. The largest absolute Gasteiger partial charge is 0.351 e. The predicted octanol–water partition coefficient (Wildman–Crippen LogP) is 1.15. The third-order valence-electron chi connectivity index (χ3n) is 1.76. The van der Waals surface area contributed by atoms with Crippen LogP contribution in [0, 0.1) is 5.53 Å². The molecule has 0 unspecified atom stereocenters. The fourth-order valence-electron chi connectivity index (χ4n) is 0.882. The fourth-order valence-corrected chi connectivity index (χ4v) is 0.882. The van der Waals surface area contributed by atoms with Gasteiger partial charge in [-0.25, -0.2) is 5.53 Å². The van der Waals surface area contributed by atoms with Crippen molar-refractivity contribution in [3.63, 3.8) is 0 Å². The van der Waals surface area contributed by atoms with Crippen LogP contribution in [0.25, 0.3) is 0 Å². The highest BCUT2D eigenvalue weighted by Gasteiger charge is 2.17. The first-order chi connectivity index (χ1) is 4.86. The van der Waals surface area contributed by atoms with Crippen LogP contribution in [0.15, 0.2) is 10.1 Å². The Balaban J connectivity index is 2.27. The van der Waals surface area contributed by atoms with Gasteiger partial charge in [0.1, 0.15) is 0 Å². The van der Waals surface area contributed by atoms with Crippen molar-refractivity contribution >= 4 is 5.96 Å². The summed E-state index contributed by atoms with van der Waals surface area (Å²) in [5.41, 5.74) is 6.68. The zero-order chi connectivity index (χ0) is 7.40. The molecule has 0 aliphatic heterocycles. The van der Waals surface area contributed by atoms with E-state index in [9.17, 15) is 0 Å². The molecule has 0 heterocycles.